The molecule has 0 bridgehead atoms. The topological polar surface area (TPSA) is 7.76 Å². The van der Waals surface area contributed by atoms with Gasteiger partial charge in [0.2, 0.25) is 0 Å². The molecule has 0 aliphatic heterocycles. The Kier molecular flexibility index (Phi) is 5.29. The van der Waals surface area contributed by atoms with Crippen molar-refractivity contribution in [2.24, 2.45) is 0 Å². The fourth-order valence-electron chi connectivity index (χ4n) is 3.58. The van der Waals surface area contributed by atoms with Crippen LogP contribution in [-0.2, 0) is 0 Å². The second kappa shape index (κ2) is 8.18. The molecule has 2 heteroatoms. The molecule has 2 heterocycles. The Morgan fingerprint density at radius 1 is 0.464 bits per heavy atom. The molecule has 0 saturated heterocycles. The summed E-state index contributed by atoms with van der Waals surface area (Å²) in [6.07, 6.45) is 8.67. The second-order valence-electron chi connectivity index (χ2n) is 7.24. The highest BCUT2D eigenvalue weighted by Crippen LogP contribution is 2.18. The first kappa shape index (κ1) is 18.1. The maximum atomic E-state index is 2.25. The molecule has 2 unspecified atom stereocenters. The average molecular weight is 367 g/mol. The zero-order valence-corrected chi connectivity index (χ0v) is 16.4. The first-order chi connectivity index (χ1) is 13.7. The summed E-state index contributed by atoms with van der Waals surface area (Å²) >= 11 is 0. The van der Waals surface area contributed by atoms with Crippen LogP contribution in [-0.4, -0.2) is 0 Å². The van der Waals surface area contributed by atoms with Gasteiger partial charge in [-0.05, 0) is 11.1 Å². The molecule has 2 atom stereocenters. The van der Waals surface area contributed by atoms with Gasteiger partial charge in [0.1, 0.15) is 0 Å². The molecular formula is C26H26N2+2. The SMILES string of the molecule is CC(c1ccccc1)[n+]1ccc(-c2cc[n+](C(C)c3ccccc3)cc2)cc1. The van der Waals surface area contributed by atoms with E-state index in [0.29, 0.717) is 12.1 Å². The van der Waals surface area contributed by atoms with E-state index < -0.39 is 0 Å². The molecule has 4 aromatic rings. The number of pyridine rings is 2. The van der Waals surface area contributed by atoms with Gasteiger partial charge in [-0.3, -0.25) is 0 Å². The number of nitrogens with zero attached hydrogens (tertiary/aromatic N) is 2. The Morgan fingerprint density at radius 2 is 0.786 bits per heavy atom. The predicted molar refractivity (Wildman–Crippen MR) is 113 cm³/mol. The van der Waals surface area contributed by atoms with Crippen molar-refractivity contribution in [2.75, 3.05) is 0 Å². The fraction of sp³-hybridized carbons (Fsp3) is 0.154. The van der Waals surface area contributed by atoms with Crippen molar-refractivity contribution in [1.82, 2.24) is 0 Å². The van der Waals surface area contributed by atoms with Crippen molar-refractivity contribution in [3.05, 3.63) is 121 Å². The van der Waals surface area contributed by atoms with Gasteiger partial charge in [0, 0.05) is 49.2 Å². The normalized spacial score (nSPS) is 13.1. The highest BCUT2D eigenvalue weighted by molar-refractivity contribution is 5.61. The Bertz CT molecular complexity index is 920. The van der Waals surface area contributed by atoms with Crippen LogP contribution in [0.1, 0.15) is 37.1 Å². The standard InChI is InChI=1S/C26H26N2/c1-21(23-9-5-3-6-10-23)27-17-13-25(14-18-27)26-15-19-28(20-16-26)22(2)24-11-7-4-8-12-24/h3-22H,1-2H3/q+2. The first-order valence-corrected chi connectivity index (χ1v) is 9.84. The van der Waals surface area contributed by atoms with Crippen LogP contribution in [0, 0.1) is 0 Å². The molecule has 2 aromatic carbocycles. The van der Waals surface area contributed by atoms with Crippen LogP contribution in [0.25, 0.3) is 11.1 Å². The van der Waals surface area contributed by atoms with Crippen LogP contribution in [0.5, 0.6) is 0 Å². The molecule has 0 aliphatic carbocycles. The second-order valence-corrected chi connectivity index (χ2v) is 7.24. The molecule has 0 saturated carbocycles. The highest BCUT2D eigenvalue weighted by atomic mass is 15.0. The zero-order valence-electron chi connectivity index (χ0n) is 16.4. The van der Waals surface area contributed by atoms with Crippen LogP contribution in [0.2, 0.25) is 0 Å². The van der Waals surface area contributed by atoms with Gasteiger partial charge in [-0.2, -0.15) is 9.13 Å². The third-order valence-corrected chi connectivity index (χ3v) is 5.50. The van der Waals surface area contributed by atoms with Gasteiger partial charge in [0.15, 0.2) is 36.9 Å². The summed E-state index contributed by atoms with van der Waals surface area (Å²) in [6, 6.07) is 30.6. The minimum Gasteiger partial charge on any atom is -0.198 e. The molecule has 28 heavy (non-hydrogen) atoms. The minimum atomic E-state index is 0.319. The summed E-state index contributed by atoms with van der Waals surface area (Å²) in [4.78, 5) is 0. The van der Waals surface area contributed by atoms with Crippen molar-refractivity contribution in [3.8, 4) is 11.1 Å². The Hall–Kier alpha value is -3.26. The molecule has 0 spiro atoms. The number of rotatable bonds is 5. The van der Waals surface area contributed by atoms with Gasteiger partial charge in [-0.15, -0.1) is 0 Å². The quantitative estimate of drug-likeness (QED) is 0.432. The van der Waals surface area contributed by atoms with Crippen molar-refractivity contribution in [3.63, 3.8) is 0 Å². The van der Waals surface area contributed by atoms with Crippen molar-refractivity contribution in [2.45, 2.75) is 25.9 Å². The first-order valence-electron chi connectivity index (χ1n) is 9.84. The van der Waals surface area contributed by atoms with E-state index in [1.807, 2.05) is 0 Å². The van der Waals surface area contributed by atoms with Crippen molar-refractivity contribution in [1.29, 1.82) is 0 Å². The molecule has 0 aliphatic rings. The van der Waals surface area contributed by atoms with Crippen LogP contribution in [0.3, 0.4) is 0 Å². The van der Waals surface area contributed by atoms with E-state index >= 15 is 0 Å². The molecule has 0 N–H and O–H groups in total. The molecule has 0 radical (unpaired) electrons. The highest BCUT2D eigenvalue weighted by Gasteiger charge is 2.16. The number of aromatic nitrogens is 2. The number of hydrogen-bond acceptors (Lipinski definition) is 0. The van der Waals surface area contributed by atoms with E-state index in [2.05, 4.69) is 133 Å². The third kappa shape index (κ3) is 3.86. The van der Waals surface area contributed by atoms with Gasteiger partial charge < -0.3 is 0 Å². The molecule has 2 aromatic heterocycles. The van der Waals surface area contributed by atoms with Gasteiger partial charge >= 0.3 is 0 Å². The maximum absolute atomic E-state index is 2.25. The lowest BCUT2D eigenvalue weighted by Crippen LogP contribution is -2.37. The summed E-state index contributed by atoms with van der Waals surface area (Å²) in [7, 11) is 0. The lowest BCUT2D eigenvalue weighted by molar-refractivity contribution is -0.710. The number of benzene rings is 2. The van der Waals surface area contributed by atoms with Gasteiger partial charge in [-0.25, -0.2) is 0 Å². The van der Waals surface area contributed by atoms with Gasteiger partial charge in [0.25, 0.3) is 0 Å². The molecule has 0 amide bonds. The van der Waals surface area contributed by atoms with Gasteiger partial charge in [0.05, 0.1) is 0 Å². The average Bonchev–Trinajstić information content (AvgIpc) is 2.79. The van der Waals surface area contributed by atoms with Crippen molar-refractivity contribution < 1.29 is 9.13 Å². The van der Waals surface area contributed by atoms with Crippen LogP contribution in [0.4, 0.5) is 0 Å². The van der Waals surface area contributed by atoms with E-state index in [4.69, 9.17) is 0 Å². The summed E-state index contributed by atoms with van der Waals surface area (Å²) in [5.41, 5.74) is 5.10. The molecule has 0 fully saturated rings. The van der Waals surface area contributed by atoms with E-state index in [-0.39, 0.29) is 0 Å². The monoisotopic (exact) mass is 366 g/mol. The number of hydrogen-bond donors (Lipinski definition) is 0. The molecule has 4 rings (SSSR count). The van der Waals surface area contributed by atoms with E-state index in [0.717, 1.165) is 0 Å². The van der Waals surface area contributed by atoms with Crippen LogP contribution >= 0.6 is 0 Å². The van der Waals surface area contributed by atoms with Gasteiger partial charge in [-0.1, -0.05) is 60.7 Å². The van der Waals surface area contributed by atoms with E-state index in [1.54, 1.807) is 0 Å². The maximum Gasteiger partial charge on any atom is 0.180 e. The fourth-order valence-corrected chi connectivity index (χ4v) is 3.58. The largest absolute Gasteiger partial charge is 0.198 e. The Morgan fingerprint density at radius 3 is 1.11 bits per heavy atom. The summed E-state index contributed by atoms with van der Waals surface area (Å²) in [5.74, 6) is 0. The molecular weight excluding hydrogens is 340 g/mol. The Labute approximate surface area is 167 Å². The lowest BCUT2D eigenvalue weighted by Gasteiger charge is -2.09. The third-order valence-electron chi connectivity index (χ3n) is 5.50. The predicted octanol–water partition coefficient (Wildman–Crippen LogP) is 5.15. The van der Waals surface area contributed by atoms with E-state index in [9.17, 15) is 0 Å². The Balaban J connectivity index is 1.52. The minimum absolute atomic E-state index is 0.319. The smallest absolute Gasteiger partial charge is 0.180 e. The summed E-state index contributed by atoms with van der Waals surface area (Å²) < 4.78 is 4.50. The zero-order chi connectivity index (χ0) is 19.3. The van der Waals surface area contributed by atoms with Crippen LogP contribution in [0.15, 0.2) is 110 Å². The molecule has 138 valence electrons. The summed E-state index contributed by atoms with van der Waals surface area (Å²) in [6.45, 7) is 4.46. The molecule has 2 nitrogen and oxygen atoms in total. The summed E-state index contributed by atoms with van der Waals surface area (Å²) in [5, 5.41) is 0. The van der Waals surface area contributed by atoms with Crippen molar-refractivity contribution >= 4 is 0 Å². The van der Waals surface area contributed by atoms with Crippen LogP contribution < -0.4 is 9.13 Å². The van der Waals surface area contributed by atoms with E-state index in [1.165, 1.54) is 22.3 Å². The lowest BCUT2D eigenvalue weighted by atomic mass is 10.1.